The Labute approximate surface area is 120 Å². The van der Waals surface area contributed by atoms with E-state index in [1.807, 2.05) is 32.0 Å². The molecule has 2 N–H and O–H groups in total. The van der Waals surface area contributed by atoms with E-state index in [1.54, 1.807) is 13.8 Å². The third-order valence-corrected chi connectivity index (χ3v) is 4.50. The molecule has 0 radical (unpaired) electrons. The third kappa shape index (κ3) is 4.31. The minimum absolute atomic E-state index is 0.206. The Kier molecular flexibility index (Phi) is 5.30. The second-order valence-electron chi connectivity index (χ2n) is 5.31. The minimum Gasteiger partial charge on any atom is -0.480 e. The summed E-state index contributed by atoms with van der Waals surface area (Å²) in [5, 5.41) is 9.06. The fraction of sp³-hybridized carbons (Fsp3) is 0.500. The topological polar surface area (TPSA) is 83.5 Å². The zero-order valence-corrected chi connectivity index (χ0v) is 13.0. The highest BCUT2D eigenvalue weighted by Crippen LogP contribution is 2.17. The summed E-state index contributed by atoms with van der Waals surface area (Å²) in [7, 11) is -3.70. The summed E-state index contributed by atoms with van der Waals surface area (Å²) in [5.41, 5.74) is 2.48. The van der Waals surface area contributed by atoms with Crippen LogP contribution in [0.5, 0.6) is 0 Å². The first-order chi connectivity index (χ1) is 9.14. The van der Waals surface area contributed by atoms with E-state index < -0.39 is 22.0 Å². The zero-order valence-electron chi connectivity index (χ0n) is 12.2. The van der Waals surface area contributed by atoms with E-state index in [0.717, 1.165) is 11.1 Å². The lowest BCUT2D eigenvalue weighted by atomic mass is 10.1. The third-order valence-electron chi connectivity index (χ3n) is 3.22. The Balaban J connectivity index is 2.98. The number of benzene rings is 1. The average molecular weight is 299 g/mol. The van der Waals surface area contributed by atoms with Crippen LogP contribution in [-0.2, 0) is 20.6 Å². The molecule has 0 aliphatic carbocycles. The molecule has 5 nitrogen and oxygen atoms in total. The molecular formula is C14H21NO4S. The maximum atomic E-state index is 12.1. The molecule has 112 valence electrons. The number of carbonyl (C=O) groups is 1. The number of hydrogen-bond donors (Lipinski definition) is 2. The molecular weight excluding hydrogens is 278 g/mol. The van der Waals surface area contributed by atoms with Gasteiger partial charge < -0.3 is 5.11 Å². The van der Waals surface area contributed by atoms with Crippen LogP contribution in [0.4, 0.5) is 0 Å². The van der Waals surface area contributed by atoms with Crippen molar-refractivity contribution in [3.05, 3.63) is 34.9 Å². The molecule has 0 spiro atoms. The monoisotopic (exact) mass is 299 g/mol. The Hall–Kier alpha value is -1.40. The van der Waals surface area contributed by atoms with Gasteiger partial charge in [0.05, 0.1) is 5.75 Å². The van der Waals surface area contributed by atoms with Crippen molar-refractivity contribution in [3.8, 4) is 0 Å². The van der Waals surface area contributed by atoms with Crippen LogP contribution in [0.1, 0.15) is 30.5 Å². The summed E-state index contributed by atoms with van der Waals surface area (Å²) in [4.78, 5) is 11.1. The van der Waals surface area contributed by atoms with Crippen LogP contribution >= 0.6 is 0 Å². The van der Waals surface area contributed by atoms with E-state index in [0.29, 0.717) is 5.56 Å². The highest BCUT2D eigenvalue weighted by molar-refractivity contribution is 7.88. The molecule has 0 amide bonds. The largest absolute Gasteiger partial charge is 0.480 e. The van der Waals surface area contributed by atoms with Crippen LogP contribution < -0.4 is 4.72 Å². The van der Waals surface area contributed by atoms with Crippen molar-refractivity contribution in [1.82, 2.24) is 4.72 Å². The molecule has 1 aromatic carbocycles. The highest BCUT2D eigenvalue weighted by atomic mass is 32.2. The number of rotatable bonds is 6. The molecule has 0 aliphatic heterocycles. The van der Waals surface area contributed by atoms with Crippen molar-refractivity contribution in [2.24, 2.45) is 5.92 Å². The summed E-state index contributed by atoms with van der Waals surface area (Å²) in [6, 6.07) is 4.44. The van der Waals surface area contributed by atoms with Crippen LogP contribution in [0.25, 0.3) is 0 Å². The van der Waals surface area contributed by atoms with Gasteiger partial charge in [0, 0.05) is 0 Å². The van der Waals surface area contributed by atoms with Crippen LogP contribution in [-0.4, -0.2) is 25.5 Å². The first-order valence-electron chi connectivity index (χ1n) is 6.42. The van der Waals surface area contributed by atoms with Crippen molar-refractivity contribution in [2.75, 3.05) is 0 Å². The number of aryl methyl sites for hydroxylation is 2. The number of carboxylic acids is 1. The average Bonchev–Trinajstić information content (AvgIpc) is 2.30. The standard InChI is InChI=1S/C14H21NO4S/c1-9(2)13(14(16)17)15-20(18,19)8-12-10(3)6-5-7-11(12)4/h5-7,9,13,15H,8H2,1-4H3,(H,16,17)/t13-/m0/s1. The molecule has 0 aliphatic rings. The summed E-state index contributed by atoms with van der Waals surface area (Å²) in [6.07, 6.45) is 0. The van der Waals surface area contributed by atoms with Crippen molar-refractivity contribution in [2.45, 2.75) is 39.5 Å². The van der Waals surface area contributed by atoms with E-state index >= 15 is 0 Å². The quantitative estimate of drug-likeness (QED) is 0.839. The molecule has 6 heteroatoms. The number of aliphatic carboxylic acids is 1. The Morgan fingerprint density at radius 1 is 1.25 bits per heavy atom. The van der Waals surface area contributed by atoms with Gasteiger partial charge in [-0.15, -0.1) is 0 Å². The van der Waals surface area contributed by atoms with Crippen molar-refractivity contribution in [3.63, 3.8) is 0 Å². The van der Waals surface area contributed by atoms with Gasteiger partial charge >= 0.3 is 5.97 Å². The first kappa shape index (κ1) is 16.7. The van der Waals surface area contributed by atoms with E-state index in [2.05, 4.69) is 4.72 Å². The van der Waals surface area contributed by atoms with E-state index in [-0.39, 0.29) is 11.7 Å². The fourth-order valence-electron chi connectivity index (χ4n) is 1.97. The molecule has 0 saturated heterocycles. The van der Waals surface area contributed by atoms with Gasteiger partial charge in [-0.1, -0.05) is 32.0 Å². The van der Waals surface area contributed by atoms with E-state index in [9.17, 15) is 13.2 Å². The van der Waals surface area contributed by atoms with Crippen LogP contribution in [0.3, 0.4) is 0 Å². The summed E-state index contributed by atoms with van der Waals surface area (Å²) < 4.78 is 26.6. The van der Waals surface area contributed by atoms with Crippen LogP contribution in [0.15, 0.2) is 18.2 Å². The maximum Gasteiger partial charge on any atom is 0.321 e. The van der Waals surface area contributed by atoms with Crippen molar-refractivity contribution < 1.29 is 18.3 Å². The lowest BCUT2D eigenvalue weighted by Gasteiger charge is -2.19. The SMILES string of the molecule is Cc1cccc(C)c1CS(=O)(=O)N[C@H](C(=O)O)C(C)C. The highest BCUT2D eigenvalue weighted by Gasteiger charge is 2.27. The molecule has 1 rings (SSSR count). The summed E-state index contributed by atoms with van der Waals surface area (Å²) in [6.45, 7) is 7.02. The summed E-state index contributed by atoms with van der Waals surface area (Å²) in [5.74, 6) is -1.69. The zero-order chi connectivity index (χ0) is 15.5. The molecule has 1 aromatic rings. The molecule has 0 fully saturated rings. The van der Waals surface area contributed by atoms with Gasteiger partial charge in [0.25, 0.3) is 0 Å². The van der Waals surface area contributed by atoms with Gasteiger partial charge in [0.15, 0.2) is 0 Å². The predicted molar refractivity (Wildman–Crippen MR) is 77.9 cm³/mol. The molecule has 0 heterocycles. The molecule has 1 atom stereocenters. The first-order valence-corrected chi connectivity index (χ1v) is 8.07. The number of sulfonamides is 1. The maximum absolute atomic E-state index is 12.1. The minimum atomic E-state index is -3.70. The van der Waals surface area contributed by atoms with Crippen LogP contribution in [0, 0.1) is 19.8 Å². The Bertz CT molecular complexity index is 573. The second kappa shape index (κ2) is 6.37. The molecule has 0 unspecified atom stereocenters. The lowest BCUT2D eigenvalue weighted by molar-refractivity contribution is -0.140. The van der Waals surface area contributed by atoms with Gasteiger partial charge in [-0.3, -0.25) is 4.79 Å². The van der Waals surface area contributed by atoms with Gasteiger partial charge in [0.2, 0.25) is 10.0 Å². The predicted octanol–water partition coefficient (Wildman–Crippen LogP) is 1.83. The molecule has 0 saturated carbocycles. The molecule has 0 bridgehead atoms. The van der Waals surface area contributed by atoms with Gasteiger partial charge in [-0.25, -0.2) is 13.1 Å². The normalized spacial score (nSPS) is 13.4. The Morgan fingerprint density at radius 2 is 1.75 bits per heavy atom. The number of nitrogens with one attached hydrogen (secondary N) is 1. The Morgan fingerprint density at radius 3 is 2.15 bits per heavy atom. The number of carboxylic acid groups (broad SMARTS) is 1. The van der Waals surface area contributed by atoms with Crippen LogP contribution in [0.2, 0.25) is 0 Å². The van der Waals surface area contributed by atoms with Crippen molar-refractivity contribution >= 4 is 16.0 Å². The molecule has 0 aromatic heterocycles. The molecule has 20 heavy (non-hydrogen) atoms. The number of hydrogen-bond acceptors (Lipinski definition) is 3. The van der Waals surface area contributed by atoms with Gasteiger partial charge in [-0.05, 0) is 36.5 Å². The lowest BCUT2D eigenvalue weighted by Crippen LogP contribution is -2.44. The second-order valence-corrected chi connectivity index (χ2v) is 7.06. The van der Waals surface area contributed by atoms with Gasteiger partial charge in [-0.2, -0.15) is 0 Å². The van der Waals surface area contributed by atoms with Gasteiger partial charge in [0.1, 0.15) is 6.04 Å². The van der Waals surface area contributed by atoms with E-state index in [1.165, 1.54) is 0 Å². The summed E-state index contributed by atoms with van der Waals surface area (Å²) >= 11 is 0. The van der Waals surface area contributed by atoms with Crippen molar-refractivity contribution in [1.29, 1.82) is 0 Å². The van der Waals surface area contributed by atoms with E-state index in [4.69, 9.17) is 5.11 Å². The fourth-order valence-corrected chi connectivity index (χ4v) is 3.65. The smallest absolute Gasteiger partial charge is 0.321 e.